The summed E-state index contributed by atoms with van der Waals surface area (Å²) in [6, 6.07) is 21.8. The van der Waals surface area contributed by atoms with Crippen molar-refractivity contribution >= 4 is 6.03 Å². The third kappa shape index (κ3) is 6.62. The molecule has 1 saturated carbocycles. The third-order valence-corrected chi connectivity index (χ3v) is 5.90. The van der Waals surface area contributed by atoms with Crippen molar-refractivity contribution in [3.63, 3.8) is 0 Å². The second-order valence-corrected chi connectivity index (χ2v) is 8.79. The van der Waals surface area contributed by atoms with Gasteiger partial charge in [0.25, 0.3) is 0 Å². The maximum absolute atomic E-state index is 13.0. The van der Waals surface area contributed by atoms with Gasteiger partial charge in [0.2, 0.25) is 0 Å². The number of carbonyl (C=O) groups excluding carboxylic acids is 1. The predicted octanol–water partition coefficient (Wildman–Crippen LogP) is 6.21. The normalized spacial score (nSPS) is 14.9. The molecule has 3 rings (SSSR count). The lowest BCUT2D eigenvalue weighted by Crippen LogP contribution is -2.47. The second-order valence-electron chi connectivity index (χ2n) is 8.79. The molecule has 0 unspecified atom stereocenters. The van der Waals surface area contributed by atoms with E-state index in [9.17, 15) is 4.79 Å². The Hall–Kier alpha value is -2.29. The van der Waals surface area contributed by atoms with Crippen LogP contribution in [0.2, 0.25) is 0 Å². The van der Waals surface area contributed by atoms with E-state index in [2.05, 4.69) is 79.8 Å². The van der Waals surface area contributed by atoms with Gasteiger partial charge in [0.1, 0.15) is 0 Å². The molecule has 0 aromatic heterocycles. The van der Waals surface area contributed by atoms with Crippen LogP contribution in [-0.4, -0.2) is 30.1 Å². The van der Waals surface area contributed by atoms with Crippen LogP contribution in [0, 0.1) is 5.92 Å². The number of carbonyl (C=O) groups is 1. The fourth-order valence-corrected chi connectivity index (χ4v) is 4.41. The van der Waals surface area contributed by atoms with Gasteiger partial charge in [-0.2, -0.15) is 0 Å². The molecule has 2 aromatic carbocycles. The summed E-state index contributed by atoms with van der Waals surface area (Å²) in [5.74, 6) is 0.758. The van der Waals surface area contributed by atoms with Crippen molar-refractivity contribution in [2.75, 3.05) is 13.1 Å². The van der Waals surface area contributed by atoms with Crippen LogP contribution in [-0.2, 0) is 0 Å². The topological polar surface area (TPSA) is 32.3 Å². The Labute approximate surface area is 176 Å². The number of hydrogen-bond donors (Lipinski definition) is 1. The van der Waals surface area contributed by atoms with Crippen molar-refractivity contribution in [1.82, 2.24) is 10.2 Å². The predicted molar refractivity (Wildman–Crippen MR) is 121 cm³/mol. The summed E-state index contributed by atoms with van der Waals surface area (Å²) in [6.07, 6.45) is 6.95. The van der Waals surface area contributed by atoms with Gasteiger partial charge in [0.05, 0.1) is 0 Å². The molecule has 1 N–H and O–H groups in total. The fraction of sp³-hybridized carbons (Fsp3) is 0.500. The molecule has 2 amide bonds. The van der Waals surface area contributed by atoms with E-state index in [0.717, 1.165) is 32.4 Å². The van der Waals surface area contributed by atoms with Gasteiger partial charge in [-0.1, -0.05) is 93.8 Å². The number of benzene rings is 2. The number of nitrogens with one attached hydrogen (secondary N) is 1. The number of nitrogens with zero attached hydrogens (tertiary/aromatic N) is 1. The van der Waals surface area contributed by atoms with Gasteiger partial charge in [0.15, 0.2) is 0 Å². The van der Waals surface area contributed by atoms with Gasteiger partial charge < -0.3 is 10.2 Å². The molecule has 0 atom stereocenters. The van der Waals surface area contributed by atoms with E-state index in [4.69, 9.17) is 0 Å². The summed E-state index contributed by atoms with van der Waals surface area (Å²) in [5, 5.41) is 3.31. The van der Waals surface area contributed by atoms with Crippen LogP contribution in [0.3, 0.4) is 0 Å². The molecule has 1 aliphatic carbocycles. The van der Waals surface area contributed by atoms with Crippen molar-refractivity contribution in [2.45, 2.75) is 64.3 Å². The van der Waals surface area contributed by atoms with Gasteiger partial charge in [-0.15, -0.1) is 0 Å². The van der Waals surface area contributed by atoms with Crippen LogP contribution in [0.15, 0.2) is 60.7 Å². The van der Waals surface area contributed by atoms with Crippen LogP contribution >= 0.6 is 0 Å². The van der Waals surface area contributed by atoms with Gasteiger partial charge in [-0.3, -0.25) is 0 Å². The highest BCUT2D eigenvalue weighted by molar-refractivity contribution is 5.74. The Morgan fingerprint density at radius 1 is 0.931 bits per heavy atom. The Kier molecular flexibility index (Phi) is 8.15. The molecule has 156 valence electrons. The summed E-state index contributed by atoms with van der Waals surface area (Å²) in [5.41, 5.74) is 2.63. The third-order valence-electron chi connectivity index (χ3n) is 5.90. The maximum Gasteiger partial charge on any atom is 0.317 e. The first-order valence-electron chi connectivity index (χ1n) is 11.3. The highest BCUT2D eigenvalue weighted by Gasteiger charge is 2.22. The first-order valence-corrected chi connectivity index (χ1v) is 11.3. The SMILES string of the molecule is CC(C)CN(CCC(c1ccccc1)c1ccccc1)C(=O)NC1CCCCC1. The Balaban J connectivity index is 1.70. The lowest BCUT2D eigenvalue weighted by molar-refractivity contribution is 0.182. The maximum atomic E-state index is 13.0. The molecule has 3 heteroatoms. The summed E-state index contributed by atoms with van der Waals surface area (Å²) in [4.78, 5) is 15.1. The molecular formula is C26H36N2O. The Bertz CT molecular complexity index is 683. The molecule has 0 heterocycles. The lowest BCUT2D eigenvalue weighted by atomic mass is 9.88. The minimum Gasteiger partial charge on any atom is -0.335 e. The molecular weight excluding hydrogens is 356 g/mol. The average Bonchev–Trinajstić information content (AvgIpc) is 2.75. The molecule has 2 aromatic rings. The zero-order valence-electron chi connectivity index (χ0n) is 18.0. The van der Waals surface area contributed by atoms with Gasteiger partial charge in [-0.25, -0.2) is 4.79 Å². The summed E-state index contributed by atoms with van der Waals surface area (Å²) in [7, 11) is 0. The summed E-state index contributed by atoms with van der Waals surface area (Å²) >= 11 is 0. The summed E-state index contributed by atoms with van der Waals surface area (Å²) < 4.78 is 0. The van der Waals surface area contributed by atoms with Crippen LogP contribution in [0.25, 0.3) is 0 Å². The number of hydrogen-bond acceptors (Lipinski definition) is 1. The molecule has 29 heavy (non-hydrogen) atoms. The number of urea groups is 1. The minimum atomic E-state index is 0.116. The molecule has 1 aliphatic rings. The number of amides is 2. The Morgan fingerprint density at radius 3 is 2.00 bits per heavy atom. The van der Waals surface area contributed by atoms with Crippen molar-refractivity contribution in [1.29, 1.82) is 0 Å². The van der Waals surface area contributed by atoms with Crippen molar-refractivity contribution in [3.05, 3.63) is 71.8 Å². The highest BCUT2D eigenvalue weighted by Crippen LogP contribution is 2.28. The zero-order chi connectivity index (χ0) is 20.5. The van der Waals surface area contributed by atoms with E-state index in [-0.39, 0.29) is 6.03 Å². The fourth-order valence-electron chi connectivity index (χ4n) is 4.41. The largest absolute Gasteiger partial charge is 0.335 e. The van der Waals surface area contributed by atoms with E-state index in [1.165, 1.54) is 30.4 Å². The first kappa shape index (κ1) is 21.4. The van der Waals surface area contributed by atoms with E-state index < -0.39 is 0 Å². The second kappa shape index (κ2) is 11.0. The van der Waals surface area contributed by atoms with Crippen LogP contribution in [0.5, 0.6) is 0 Å². The lowest BCUT2D eigenvalue weighted by Gasteiger charge is -2.30. The van der Waals surface area contributed by atoms with E-state index >= 15 is 0 Å². The first-order chi connectivity index (χ1) is 14.1. The van der Waals surface area contributed by atoms with E-state index in [0.29, 0.717) is 17.9 Å². The van der Waals surface area contributed by atoms with Crippen LogP contribution < -0.4 is 5.32 Å². The van der Waals surface area contributed by atoms with Gasteiger partial charge >= 0.3 is 6.03 Å². The number of rotatable bonds is 8. The average molecular weight is 393 g/mol. The van der Waals surface area contributed by atoms with Crippen molar-refractivity contribution in [3.8, 4) is 0 Å². The van der Waals surface area contributed by atoms with Crippen molar-refractivity contribution < 1.29 is 4.79 Å². The smallest absolute Gasteiger partial charge is 0.317 e. The molecule has 0 aliphatic heterocycles. The van der Waals surface area contributed by atoms with E-state index in [1.807, 2.05) is 4.90 Å². The molecule has 0 spiro atoms. The molecule has 1 fully saturated rings. The standard InChI is InChI=1S/C26H36N2O/c1-21(2)20-28(26(29)27-24-16-10-5-11-17-24)19-18-25(22-12-6-3-7-13-22)23-14-8-4-9-15-23/h3-4,6-9,12-15,21,24-25H,5,10-11,16-20H2,1-2H3,(H,27,29). The van der Waals surface area contributed by atoms with Crippen molar-refractivity contribution in [2.24, 2.45) is 5.92 Å². The molecule has 0 bridgehead atoms. The van der Waals surface area contributed by atoms with Gasteiger partial charge in [0, 0.05) is 25.0 Å². The van der Waals surface area contributed by atoms with Crippen LogP contribution in [0.4, 0.5) is 4.79 Å². The molecule has 0 radical (unpaired) electrons. The highest BCUT2D eigenvalue weighted by atomic mass is 16.2. The molecule has 3 nitrogen and oxygen atoms in total. The Morgan fingerprint density at radius 2 is 1.48 bits per heavy atom. The van der Waals surface area contributed by atoms with Crippen LogP contribution in [0.1, 0.15) is 69.4 Å². The minimum absolute atomic E-state index is 0.116. The quantitative estimate of drug-likeness (QED) is 0.569. The zero-order valence-corrected chi connectivity index (χ0v) is 18.0. The molecule has 0 saturated heterocycles. The summed E-state index contributed by atoms with van der Waals surface area (Å²) in [6.45, 7) is 5.94. The monoisotopic (exact) mass is 392 g/mol. The van der Waals surface area contributed by atoms with Gasteiger partial charge in [-0.05, 0) is 36.3 Å². The van der Waals surface area contributed by atoms with E-state index in [1.54, 1.807) is 0 Å².